The molecule has 1 aromatic carbocycles. The smallest absolute Gasteiger partial charge is 0.255 e. The number of nitrogens with zero attached hydrogens (tertiary/aromatic N) is 5. The summed E-state index contributed by atoms with van der Waals surface area (Å²) in [5.74, 6) is -0.514. The number of rotatable bonds is 3. The second-order valence-electron chi connectivity index (χ2n) is 7.26. The average molecular weight is 403 g/mol. The maximum atomic E-state index is 12.8. The molecule has 1 saturated heterocycles. The lowest BCUT2D eigenvalue weighted by atomic mass is 10.0. The molecule has 150 valence electrons. The van der Waals surface area contributed by atoms with E-state index in [1.54, 1.807) is 35.3 Å². The van der Waals surface area contributed by atoms with E-state index in [1.165, 1.54) is 4.90 Å². The fourth-order valence-corrected chi connectivity index (χ4v) is 3.78. The zero-order valence-electron chi connectivity index (χ0n) is 15.8. The summed E-state index contributed by atoms with van der Waals surface area (Å²) in [6.45, 7) is 0.303. The molecule has 10 nitrogen and oxygen atoms in total. The molecule has 0 aliphatic carbocycles. The predicted molar refractivity (Wildman–Crippen MR) is 105 cm³/mol. The summed E-state index contributed by atoms with van der Waals surface area (Å²) in [5.41, 5.74) is 9.14. The van der Waals surface area contributed by atoms with E-state index >= 15 is 0 Å². The minimum atomic E-state index is -0.637. The molecule has 4 heterocycles. The van der Waals surface area contributed by atoms with Gasteiger partial charge in [0.15, 0.2) is 0 Å². The van der Waals surface area contributed by atoms with Crippen LogP contribution in [0.5, 0.6) is 0 Å². The summed E-state index contributed by atoms with van der Waals surface area (Å²) in [6, 6.07) is 8.24. The van der Waals surface area contributed by atoms with Crippen LogP contribution in [-0.4, -0.2) is 48.6 Å². The first-order valence-corrected chi connectivity index (χ1v) is 9.42. The number of amides is 3. The van der Waals surface area contributed by atoms with Crippen LogP contribution >= 0.6 is 0 Å². The van der Waals surface area contributed by atoms with E-state index in [0.717, 1.165) is 16.8 Å². The van der Waals surface area contributed by atoms with Crippen molar-refractivity contribution in [2.24, 2.45) is 0 Å². The Morgan fingerprint density at radius 2 is 2.00 bits per heavy atom. The number of nitrogen functional groups attached to an aromatic ring is 1. The average Bonchev–Trinajstić information content (AvgIpc) is 3.34. The molecule has 2 aromatic heterocycles. The standard InChI is InChI=1S/C20H17N7O3/c21-17-5-1-11(8-22-17)15-10-27(25-24-15)13-2-3-14-12(7-13)9-26(20(14)30)16-4-6-18(28)23-19(16)29/h1-3,5,7-8,10,16H,4,6,9H2,(H2,21,22)(H,23,28,29). The number of imide groups is 1. The summed E-state index contributed by atoms with van der Waals surface area (Å²) in [7, 11) is 0. The SMILES string of the molecule is Nc1ccc(-c2cn(-c3ccc4c(c3)CN(C3CCC(=O)NC3=O)C4=O)nn2)cn1. The van der Waals surface area contributed by atoms with Gasteiger partial charge in [0.2, 0.25) is 11.8 Å². The fourth-order valence-electron chi connectivity index (χ4n) is 3.78. The number of fused-ring (bicyclic) bond motifs is 1. The first kappa shape index (κ1) is 18.0. The first-order chi connectivity index (χ1) is 14.5. The molecule has 3 amide bonds. The summed E-state index contributed by atoms with van der Waals surface area (Å²) < 4.78 is 1.62. The molecule has 1 atom stereocenters. The van der Waals surface area contributed by atoms with Crippen LogP contribution in [0.4, 0.5) is 5.82 Å². The number of hydrogen-bond acceptors (Lipinski definition) is 7. The molecule has 2 aliphatic heterocycles. The largest absolute Gasteiger partial charge is 0.384 e. The van der Waals surface area contributed by atoms with Gasteiger partial charge in [-0.25, -0.2) is 9.67 Å². The van der Waals surface area contributed by atoms with Gasteiger partial charge in [0.25, 0.3) is 5.91 Å². The summed E-state index contributed by atoms with van der Waals surface area (Å²) >= 11 is 0. The Labute approximate surface area is 170 Å². The normalized spacial score (nSPS) is 18.5. The molecule has 3 N–H and O–H groups in total. The third-order valence-electron chi connectivity index (χ3n) is 5.35. The van der Waals surface area contributed by atoms with Crippen molar-refractivity contribution in [3.8, 4) is 16.9 Å². The molecule has 5 rings (SSSR count). The number of piperidine rings is 1. The van der Waals surface area contributed by atoms with Crippen LogP contribution in [0.15, 0.2) is 42.7 Å². The van der Waals surface area contributed by atoms with E-state index in [2.05, 4.69) is 20.6 Å². The number of benzene rings is 1. The highest BCUT2D eigenvalue weighted by molar-refractivity contribution is 6.05. The summed E-state index contributed by atoms with van der Waals surface area (Å²) in [6.07, 6.45) is 3.95. The Hall–Kier alpha value is -4.08. The van der Waals surface area contributed by atoms with Crippen molar-refractivity contribution < 1.29 is 14.4 Å². The number of nitrogens with two attached hydrogens (primary N) is 1. The van der Waals surface area contributed by atoms with E-state index in [4.69, 9.17) is 5.73 Å². The number of pyridine rings is 1. The number of aromatic nitrogens is 4. The van der Waals surface area contributed by atoms with Gasteiger partial charge in [0.05, 0.1) is 11.9 Å². The lowest BCUT2D eigenvalue weighted by Crippen LogP contribution is -2.52. The number of anilines is 1. The van der Waals surface area contributed by atoms with E-state index in [-0.39, 0.29) is 18.2 Å². The molecule has 0 radical (unpaired) electrons. The second kappa shape index (κ2) is 6.76. The molecule has 1 fully saturated rings. The van der Waals surface area contributed by atoms with Gasteiger partial charge < -0.3 is 10.6 Å². The number of carbonyl (C=O) groups is 3. The van der Waals surface area contributed by atoms with E-state index in [0.29, 0.717) is 30.0 Å². The Balaban J connectivity index is 1.40. The predicted octanol–water partition coefficient (Wildman–Crippen LogP) is 0.672. The third-order valence-corrected chi connectivity index (χ3v) is 5.35. The Morgan fingerprint density at radius 3 is 2.77 bits per heavy atom. The Kier molecular flexibility index (Phi) is 4.05. The lowest BCUT2D eigenvalue weighted by Gasteiger charge is -2.29. The molecule has 0 spiro atoms. The first-order valence-electron chi connectivity index (χ1n) is 9.42. The van der Waals surface area contributed by atoms with Crippen molar-refractivity contribution in [2.45, 2.75) is 25.4 Å². The highest BCUT2D eigenvalue weighted by Gasteiger charge is 2.39. The highest BCUT2D eigenvalue weighted by Crippen LogP contribution is 2.29. The van der Waals surface area contributed by atoms with Crippen molar-refractivity contribution in [2.75, 3.05) is 5.73 Å². The maximum Gasteiger partial charge on any atom is 0.255 e. The molecule has 3 aromatic rings. The van der Waals surface area contributed by atoms with Crippen LogP contribution in [0.3, 0.4) is 0 Å². The molecular weight excluding hydrogens is 386 g/mol. The Morgan fingerprint density at radius 1 is 1.13 bits per heavy atom. The Bertz CT molecular complexity index is 1190. The molecular formula is C20H17N7O3. The summed E-state index contributed by atoms with van der Waals surface area (Å²) in [4.78, 5) is 41.9. The van der Waals surface area contributed by atoms with Crippen LogP contribution in [0.25, 0.3) is 16.9 Å². The molecule has 0 bridgehead atoms. The minimum Gasteiger partial charge on any atom is -0.384 e. The van der Waals surface area contributed by atoms with Gasteiger partial charge in [-0.05, 0) is 42.3 Å². The molecule has 2 aliphatic rings. The third kappa shape index (κ3) is 2.98. The van der Waals surface area contributed by atoms with Crippen LogP contribution in [0.2, 0.25) is 0 Å². The van der Waals surface area contributed by atoms with Gasteiger partial charge in [-0.1, -0.05) is 5.21 Å². The monoisotopic (exact) mass is 403 g/mol. The van der Waals surface area contributed by atoms with Crippen molar-refractivity contribution in [3.05, 3.63) is 53.9 Å². The van der Waals surface area contributed by atoms with Crippen LogP contribution in [0, 0.1) is 0 Å². The van der Waals surface area contributed by atoms with Crippen molar-refractivity contribution >= 4 is 23.5 Å². The van der Waals surface area contributed by atoms with Crippen LogP contribution < -0.4 is 11.1 Å². The van der Waals surface area contributed by atoms with Gasteiger partial charge in [-0.3, -0.25) is 19.7 Å². The van der Waals surface area contributed by atoms with Crippen molar-refractivity contribution in [1.82, 2.24) is 30.2 Å². The molecule has 10 heteroatoms. The molecule has 0 saturated carbocycles. The summed E-state index contributed by atoms with van der Waals surface area (Å²) in [5, 5.41) is 10.6. The number of nitrogens with one attached hydrogen (secondary N) is 1. The molecule has 1 unspecified atom stereocenters. The van der Waals surface area contributed by atoms with Crippen LogP contribution in [0.1, 0.15) is 28.8 Å². The van der Waals surface area contributed by atoms with E-state index in [9.17, 15) is 14.4 Å². The zero-order chi connectivity index (χ0) is 20.8. The highest BCUT2D eigenvalue weighted by atomic mass is 16.2. The van der Waals surface area contributed by atoms with Crippen LogP contribution in [-0.2, 0) is 16.1 Å². The fraction of sp³-hybridized carbons (Fsp3) is 0.200. The topological polar surface area (TPSA) is 136 Å². The number of hydrogen-bond donors (Lipinski definition) is 2. The minimum absolute atomic E-state index is 0.210. The lowest BCUT2D eigenvalue weighted by molar-refractivity contribution is -0.136. The number of carbonyl (C=O) groups excluding carboxylic acids is 3. The van der Waals surface area contributed by atoms with Gasteiger partial charge >= 0.3 is 0 Å². The molecule has 30 heavy (non-hydrogen) atoms. The van der Waals surface area contributed by atoms with Gasteiger partial charge in [-0.15, -0.1) is 5.10 Å². The van der Waals surface area contributed by atoms with E-state index < -0.39 is 11.9 Å². The maximum absolute atomic E-state index is 12.8. The van der Waals surface area contributed by atoms with Crippen molar-refractivity contribution in [3.63, 3.8) is 0 Å². The second-order valence-corrected chi connectivity index (χ2v) is 7.26. The van der Waals surface area contributed by atoms with Gasteiger partial charge in [0, 0.05) is 30.3 Å². The zero-order valence-corrected chi connectivity index (χ0v) is 15.8. The van der Waals surface area contributed by atoms with Gasteiger partial charge in [0.1, 0.15) is 17.6 Å². The van der Waals surface area contributed by atoms with Crippen molar-refractivity contribution in [1.29, 1.82) is 0 Å². The quantitative estimate of drug-likeness (QED) is 0.614. The van der Waals surface area contributed by atoms with Gasteiger partial charge in [-0.2, -0.15) is 0 Å². The van der Waals surface area contributed by atoms with E-state index in [1.807, 2.05) is 12.1 Å².